The molecule has 1 fully saturated rings. The van der Waals surface area contributed by atoms with Crippen molar-refractivity contribution in [3.63, 3.8) is 0 Å². The zero-order valence-electron chi connectivity index (χ0n) is 15.0. The van der Waals surface area contributed by atoms with Crippen LogP contribution in [-0.2, 0) is 10.0 Å². The van der Waals surface area contributed by atoms with E-state index in [0.717, 1.165) is 10.3 Å². The second-order valence-electron chi connectivity index (χ2n) is 6.17. The molecule has 1 aliphatic heterocycles. The van der Waals surface area contributed by atoms with Crippen molar-refractivity contribution in [2.24, 2.45) is 0 Å². The average Bonchev–Trinajstić information content (AvgIpc) is 2.72. The van der Waals surface area contributed by atoms with Crippen LogP contribution in [0.3, 0.4) is 0 Å². The monoisotopic (exact) mass is 462 g/mol. The number of hydrogen-bond donors (Lipinski definition) is 1. The lowest BCUT2D eigenvalue weighted by Gasteiger charge is -2.35. The van der Waals surface area contributed by atoms with Crippen LogP contribution in [0.1, 0.15) is 10.4 Å². The first-order valence-electron chi connectivity index (χ1n) is 8.60. The molecule has 0 saturated carbocycles. The number of sulfonamides is 1. The highest BCUT2D eigenvalue weighted by Crippen LogP contribution is 2.18. The molecule has 146 valence electrons. The van der Waals surface area contributed by atoms with Crippen molar-refractivity contribution in [2.45, 2.75) is 4.90 Å². The van der Waals surface area contributed by atoms with Gasteiger partial charge in [-0.15, -0.1) is 6.42 Å². The van der Waals surface area contributed by atoms with Gasteiger partial charge in [-0.2, -0.15) is 4.72 Å². The molecule has 1 saturated heterocycles. The summed E-state index contributed by atoms with van der Waals surface area (Å²) in [5.41, 5.74) is 0.332. The van der Waals surface area contributed by atoms with Crippen molar-refractivity contribution in [1.82, 2.24) is 14.6 Å². The molecule has 1 aromatic heterocycles. The molecule has 28 heavy (non-hydrogen) atoms. The Labute approximate surface area is 172 Å². The first kappa shape index (κ1) is 20.3. The fourth-order valence-corrected chi connectivity index (χ4v) is 4.11. The van der Waals surface area contributed by atoms with Crippen LogP contribution >= 0.6 is 15.9 Å². The largest absolute Gasteiger partial charge is 0.353 e. The Bertz CT molecular complexity index is 995. The summed E-state index contributed by atoms with van der Waals surface area (Å²) in [6.45, 7) is 2.27. The number of terminal acetylenes is 1. The maximum Gasteiger partial charge on any atom is 0.254 e. The Morgan fingerprint density at radius 1 is 1.21 bits per heavy atom. The molecule has 2 aromatic rings. The van der Waals surface area contributed by atoms with E-state index in [2.05, 4.69) is 36.5 Å². The van der Waals surface area contributed by atoms with Gasteiger partial charge in [-0.3, -0.25) is 4.79 Å². The van der Waals surface area contributed by atoms with Crippen LogP contribution in [0, 0.1) is 12.3 Å². The van der Waals surface area contributed by atoms with E-state index in [0.29, 0.717) is 31.7 Å². The molecule has 3 rings (SSSR count). The molecule has 1 aliphatic rings. The number of carbonyl (C=O) groups is 1. The van der Waals surface area contributed by atoms with Gasteiger partial charge in [0.05, 0.1) is 11.4 Å². The first-order valence-corrected chi connectivity index (χ1v) is 10.9. The Morgan fingerprint density at radius 3 is 2.61 bits per heavy atom. The Balaban J connectivity index is 1.68. The summed E-state index contributed by atoms with van der Waals surface area (Å²) in [6, 6.07) is 9.85. The van der Waals surface area contributed by atoms with Gasteiger partial charge in [-0.25, -0.2) is 13.4 Å². The van der Waals surface area contributed by atoms with Gasteiger partial charge in [0.2, 0.25) is 10.0 Å². The molecule has 0 aliphatic carbocycles. The number of anilines is 1. The van der Waals surface area contributed by atoms with Crippen LogP contribution in [0.25, 0.3) is 0 Å². The molecule has 7 nitrogen and oxygen atoms in total. The van der Waals surface area contributed by atoms with Gasteiger partial charge in [-0.1, -0.05) is 12.0 Å². The number of aromatic nitrogens is 1. The fraction of sp³-hybridized carbons (Fsp3) is 0.263. The van der Waals surface area contributed by atoms with E-state index in [1.165, 1.54) is 12.1 Å². The molecule has 0 spiro atoms. The van der Waals surface area contributed by atoms with E-state index in [-0.39, 0.29) is 17.3 Å². The maximum atomic E-state index is 12.8. The number of carbonyl (C=O) groups excluding carboxylic acids is 1. The molecule has 0 unspecified atom stereocenters. The third-order valence-corrected chi connectivity index (χ3v) is 6.23. The lowest BCUT2D eigenvalue weighted by molar-refractivity contribution is 0.0746. The smallest absolute Gasteiger partial charge is 0.254 e. The summed E-state index contributed by atoms with van der Waals surface area (Å²) in [5, 5.41) is 0. The van der Waals surface area contributed by atoms with Crippen molar-refractivity contribution in [1.29, 1.82) is 0 Å². The average molecular weight is 463 g/mol. The minimum Gasteiger partial charge on any atom is -0.353 e. The van der Waals surface area contributed by atoms with E-state index in [1.54, 1.807) is 23.2 Å². The van der Waals surface area contributed by atoms with E-state index in [4.69, 9.17) is 6.42 Å². The molecule has 2 heterocycles. The van der Waals surface area contributed by atoms with Gasteiger partial charge in [0.15, 0.2) is 0 Å². The Hall–Kier alpha value is -2.41. The van der Waals surface area contributed by atoms with E-state index < -0.39 is 10.0 Å². The third kappa shape index (κ3) is 4.70. The maximum absolute atomic E-state index is 12.8. The summed E-state index contributed by atoms with van der Waals surface area (Å²) < 4.78 is 27.6. The lowest BCUT2D eigenvalue weighted by Crippen LogP contribution is -2.49. The number of amides is 1. The van der Waals surface area contributed by atoms with Gasteiger partial charge in [-0.05, 0) is 46.3 Å². The van der Waals surface area contributed by atoms with Crippen LogP contribution in [0.2, 0.25) is 0 Å². The van der Waals surface area contributed by atoms with Crippen molar-refractivity contribution in [2.75, 3.05) is 37.6 Å². The summed E-state index contributed by atoms with van der Waals surface area (Å²) in [6.07, 6.45) is 6.84. The highest BCUT2D eigenvalue weighted by molar-refractivity contribution is 9.10. The molecule has 0 radical (unpaired) electrons. The Kier molecular flexibility index (Phi) is 6.34. The number of benzene rings is 1. The van der Waals surface area contributed by atoms with Crippen LogP contribution in [0.5, 0.6) is 0 Å². The predicted octanol–water partition coefficient (Wildman–Crippen LogP) is 1.72. The highest BCUT2D eigenvalue weighted by atomic mass is 79.9. The SMILES string of the molecule is C#CCNS(=O)(=O)c1cccc(C(=O)N2CCN(c3ccc(Br)cn3)CC2)c1. The topological polar surface area (TPSA) is 82.6 Å². The summed E-state index contributed by atoms with van der Waals surface area (Å²) in [7, 11) is -3.74. The second kappa shape index (κ2) is 8.73. The third-order valence-electron chi connectivity index (χ3n) is 4.36. The van der Waals surface area contributed by atoms with Crippen LogP contribution in [-0.4, -0.2) is 56.9 Å². The van der Waals surface area contributed by atoms with Gasteiger partial charge in [0, 0.05) is 42.4 Å². The molecule has 1 N–H and O–H groups in total. The molecule has 0 atom stereocenters. The van der Waals surface area contributed by atoms with E-state index >= 15 is 0 Å². The molecular weight excluding hydrogens is 444 g/mol. The van der Waals surface area contributed by atoms with Crippen molar-refractivity contribution >= 4 is 37.7 Å². The minimum atomic E-state index is -3.74. The zero-order valence-corrected chi connectivity index (χ0v) is 17.4. The molecule has 9 heteroatoms. The number of hydrogen-bond acceptors (Lipinski definition) is 5. The summed E-state index contributed by atoms with van der Waals surface area (Å²) in [4.78, 5) is 21.0. The number of pyridine rings is 1. The molecular formula is C19H19BrN4O3S. The lowest BCUT2D eigenvalue weighted by atomic mass is 10.2. The molecule has 1 amide bonds. The van der Waals surface area contributed by atoms with Gasteiger partial charge in [0.1, 0.15) is 5.82 Å². The van der Waals surface area contributed by atoms with Crippen molar-refractivity contribution in [3.8, 4) is 12.3 Å². The minimum absolute atomic E-state index is 0.0197. The number of halogens is 1. The quantitative estimate of drug-likeness (QED) is 0.683. The van der Waals surface area contributed by atoms with Gasteiger partial charge >= 0.3 is 0 Å². The van der Waals surface area contributed by atoms with E-state index in [1.807, 2.05) is 12.1 Å². The summed E-state index contributed by atoms with van der Waals surface area (Å²) in [5.74, 6) is 2.89. The standard InChI is InChI=1S/C19H19BrN4O3S/c1-2-8-22-28(26,27)17-5-3-4-15(13-17)19(25)24-11-9-23(10-12-24)18-7-6-16(20)14-21-18/h1,3-7,13-14,22H,8-12H2. The molecule has 0 bridgehead atoms. The van der Waals surface area contributed by atoms with Crippen molar-refractivity contribution < 1.29 is 13.2 Å². The highest BCUT2D eigenvalue weighted by Gasteiger charge is 2.24. The Morgan fingerprint density at radius 2 is 1.96 bits per heavy atom. The number of rotatable bonds is 5. The normalized spacial score (nSPS) is 14.6. The molecule has 1 aromatic carbocycles. The van der Waals surface area contributed by atoms with Crippen molar-refractivity contribution in [3.05, 3.63) is 52.6 Å². The zero-order chi connectivity index (χ0) is 20.1. The number of piperazine rings is 1. The van der Waals surface area contributed by atoms with Gasteiger partial charge < -0.3 is 9.80 Å². The van der Waals surface area contributed by atoms with E-state index in [9.17, 15) is 13.2 Å². The van der Waals surface area contributed by atoms with Crippen LogP contribution in [0.15, 0.2) is 52.0 Å². The predicted molar refractivity (Wildman–Crippen MR) is 111 cm³/mol. The van der Waals surface area contributed by atoms with Gasteiger partial charge in [0.25, 0.3) is 5.91 Å². The number of nitrogens with zero attached hydrogens (tertiary/aromatic N) is 3. The van der Waals surface area contributed by atoms with Crippen LogP contribution in [0.4, 0.5) is 5.82 Å². The summed E-state index contributed by atoms with van der Waals surface area (Å²) >= 11 is 3.37. The first-order chi connectivity index (χ1) is 13.4. The fourth-order valence-electron chi connectivity index (χ4n) is 2.89. The second-order valence-corrected chi connectivity index (χ2v) is 8.85. The van der Waals surface area contributed by atoms with Crippen LogP contribution < -0.4 is 9.62 Å². The number of nitrogens with one attached hydrogen (secondary N) is 1.